The van der Waals surface area contributed by atoms with E-state index in [4.69, 9.17) is 4.98 Å². The predicted molar refractivity (Wildman–Crippen MR) is 133 cm³/mol. The third-order valence-electron chi connectivity index (χ3n) is 6.64. The fraction of sp³-hybridized carbons (Fsp3) is 0.393. The van der Waals surface area contributed by atoms with E-state index in [1.54, 1.807) is 10.8 Å². The number of hydrogen-bond donors (Lipinski definition) is 0. The van der Waals surface area contributed by atoms with Gasteiger partial charge in [0, 0.05) is 11.8 Å². The van der Waals surface area contributed by atoms with Crippen molar-refractivity contribution in [3.8, 4) is 22.4 Å². The van der Waals surface area contributed by atoms with E-state index in [-0.39, 0.29) is 0 Å². The Morgan fingerprint density at radius 1 is 0.867 bits per heavy atom. The van der Waals surface area contributed by atoms with Crippen molar-refractivity contribution in [3.63, 3.8) is 0 Å². The van der Waals surface area contributed by atoms with Crippen LogP contribution in [0, 0.1) is 12.8 Å². The molecule has 30 heavy (non-hydrogen) atoms. The summed E-state index contributed by atoms with van der Waals surface area (Å²) in [5.41, 5.74) is 7.83. The van der Waals surface area contributed by atoms with Crippen molar-refractivity contribution in [3.05, 3.63) is 71.9 Å². The van der Waals surface area contributed by atoms with Crippen LogP contribution >= 0.6 is 0 Å². The van der Waals surface area contributed by atoms with Gasteiger partial charge in [-0.05, 0) is 58.8 Å². The van der Waals surface area contributed by atoms with Crippen molar-refractivity contribution < 1.29 is 0 Å². The average Bonchev–Trinajstić information content (AvgIpc) is 2.74. The molecule has 1 fully saturated rings. The summed E-state index contributed by atoms with van der Waals surface area (Å²) < 4.78 is 0. The third kappa shape index (κ3) is 4.75. The van der Waals surface area contributed by atoms with Crippen molar-refractivity contribution in [1.82, 2.24) is 4.98 Å². The molecule has 0 N–H and O–H groups in total. The average molecular weight is 414 g/mol. The summed E-state index contributed by atoms with van der Waals surface area (Å²) in [6.07, 6.45) is 10.5. The standard InChI is InChI=1S/C28H35NSi/c1-21-17-24(15-16-26(21)23-13-9-6-10-14-23)27-19-25(18-22-11-7-5-8-12-22)28(20-29-27)30(2,3)4/h6,9-10,13-17,19-20,22H,5,7-8,11-12,18H2,1-4H3. The molecular weight excluding hydrogens is 378 g/mol. The zero-order chi connectivity index (χ0) is 21.1. The number of hydrogen-bond acceptors (Lipinski definition) is 1. The zero-order valence-corrected chi connectivity index (χ0v) is 20.0. The molecular formula is C28H35NSi. The van der Waals surface area contributed by atoms with E-state index < -0.39 is 8.07 Å². The van der Waals surface area contributed by atoms with Gasteiger partial charge in [0.25, 0.3) is 0 Å². The van der Waals surface area contributed by atoms with Crippen LogP contribution in [-0.4, -0.2) is 13.1 Å². The summed E-state index contributed by atoms with van der Waals surface area (Å²) in [6, 6.07) is 19.9. The number of aromatic nitrogens is 1. The first-order chi connectivity index (χ1) is 14.4. The van der Waals surface area contributed by atoms with Crippen LogP contribution in [-0.2, 0) is 6.42 Å². The Balaban J connectivity index is 1.68. The molecule has 156 valence electrons. The molecule has 3 aromatic rings. The second kappa shape index (κ2) is 8.89. The Labute approximate surface area is 183 Å². The Hall–Kier alpha value is -2.19. The minimum atomic E-state index is -1.41. The molecule has 0 radical (unpaired) electrons. The summed E-state index contributed by atoms with van der Waals surface area (Å²) in [5.74, 6) is 0.853. The molecule has 0 saturated heterocycles. The van der Waals surface area contributed by atoms with Crippen LogP contribution in [0.5, 0.6) is 0 Å². The molecule has 0 unspecified atom stereocenters. The maximum atomic E-state index is 4.95. The monoisotopic (exact) mass is 413 g/mol. The first-order valence-electron chi connectivity index (χ1n) is 11.6. The maximum absolute atomic E-state index is 4.95. The van der Waals surface area contributed by atoms with E-state index in [0.29, 0.717) is 0 Å². The second-order valence-corrected chi connectivity index (χ2v) is 15.1. The molecule has 1 nitrogen and oxygen atoms in total. The molecule has 1 saturated carbocycles. The van der Waals surface area contributed by atoms with Crippen molar-refractivity contribution >= 4 is 13.3 Å². The Kier molecular flexibility index (Phi) is 6.24. The largest absolute Gasteiger partial charge is 0.256 e. The van der Waals surface area contributed by atoms with Crippen LogP contribution in [0.1, 0.15) is 43.2 Å². The minimum absolute atomic E-state index is 0.853. The highest BCUT2D eigenvalue weighted by atomic mass is 28.3. The van der Waals surface area contributed by atoms with Gasteiger partial charge < -0.3 is 0 Å². The smallest absolute Gasteiger partial charge is 0.0799 e. The van der Waals surface area contributed by atoms with E-state index in [2.05, 4.69) is 87.4 Å². The third-order valence-corrected chi connectivity index (χ3v) is 8.70. The fourth-order valence-corrected chi connectivity index (χ4v) is 6.56. The minimum Gasteiger partial charge on any atom is -0.256 e. The molecule has 2 aromatic carbocycles. The van der Waals surface area contributed by atoms with E-state index in [1.165, 1.54) is 60.8 Å². The topological polar surface area (TPSA) is 12.9 Å². The van der Waals surface area contributed by atoms with Gasteiger partial charge in [-0.15, -0.1) is 0 Å². The van der Waals surface area contributed by atoms with Crippen LogP contribution in [0.3, 0.4) is 0 Å². The number of aryl methyl sites for hydroxylation is 1. The lowest BCUT2D eigenvalue weighted by atomic mass is 9.85. The highest BCUT2D eigenvalue weighted by Crippen LogP contribution is 2.30. The van der Waals surface area contributed by atoms with Crippen molar-refractivity contribution in [2.45, 2.75) is 65.1 Å². The molecule has 0 bridgehead atoms. The first-order valence-corrected chi connectivity index (χ1v) is 15.1. The van der Waals surface area contributed by atoms with Gasteiger partial charge in [-0.2, -0.15) is 0 Å². The van der Waals surface area contributed by atoms with Gasteiger partial charge in [0.1, 0.15) is 0 Å². The molecule has 0 amide bonds. The lowest BCUT2D eigenvalue weighted by molar-refractivity contribution is 0.357. The highest BCUT2D eigenvalue weighted by molar-refractivity contribution is 6.89. The van der Waals surface area contributed by atoms with E-state index in [0.717, 1.165) is 11.6 Å². The van der Waals surface area contributed by atoms with Gasteiger partial charge in [0.05, 0.1) is 13.8 Å². The number of rotatable bonds is 5. The highest BCUT2D eigenvalue weighted by Gasteiger charge is 2.24. The molecule has 0 atom stereocenters. The van der Waals surface area contributed by atoms with E-state index in [9.17, 15) is 0 Å². The molecule has 2 heteroatoms. The summed E-state index contributed by atoms with van der Waals surface area (Å²) in [5, 5.41) is 1.55. The number of nitrogens with zero attached hydrogens (tertiary/aromatic N) is 1. The Morgan fingerprint density at radius 3 is 2.27 bits per heavy atom. The summed E-state index contributed by atoms with van der Waals surface area (Å²) in [6.45, 7) is 9.57. The van der Waals surface area contributed by atoms with Gasteiger partial charge in [0.2, 0.25) is 0 Å². The Morgan fingerprint density at radius 2 is 1.60 bits per heavy atom. The van der Waals surface area contributed by atoms with Crippen LogP contribution in [0.15, 0.2) is 60.8 Å². The van der Waals surface area contributed by atoms with Crippen LogP contribution in [0.2, 0.25) is 19.6 Å². The van der Waals surface area contributed by atoms with Gasteiger partial charge >= 0.3 is 0 Å². The van der Waals surface area contributed by atoms with Crippen LogP contribution in [0.25, 0.3) is 22.4 Å². The molecule has 1 aliphatic carbocycles. The van der Waals surface area contributed by atoms with Crippen LogP contribution in [0.4, 0.5) is 0 Å². The summed E-state index contributed by atoms with van der Waals surface area (Å²) >= 11 is 0. The van der Waals surface area contributed by atoms with E-state index in [1.807, 2.05) is 0 Å². The van der Waals surface area contributed by atoms with Gasteiger partial charge in [-0.25, -0.2) is 0 Å². The van der Waals surface area contributed by atoms with Gasteiger partial charge in [-0.1, -0.05) is 94.2 Å². The number of benzene rings is 2. The predicted octanol–water partition coefficient (Wildman–Crippen LogP) is 7.39. The van der Waals surface area contributed by atoms with E-state index >= 15 is 0 Å². The molecule has 4 rings (SSSR count). The maximum Gasteiger partial charge on any atom is 0.0799 e. The molecule has 1 aliphatic rings. The second-order valence-electron chi connectivity index (χ2n) is 10.1. The molecule has 0 aliphatic heterocycles. The molecule has 1 aromatic heterocycles. The molecule has 1 heterocycles. The first kappa shape index (κ1) is 21.1. The van der Waals surface area contributed by atoms with Crippen molar-refractivity contribution in [1.29, 1.82) is 0 Å². The van der Waals surface area contributed by atoms with Crippen LogP contribution < -0.4 is 5.19 Å². The Bertz CT molecular complexity index is 995. The SMILES string of the molecule is Cc1cc(-c2cc(CC3CCCCC3)c([Si](C)(C)C)cn2)ccc1-c1ccccc1. The lowest BCUT2D eigenvalue weighted by Crippen LogP contribution is -2.41. The summed E-state index contributed by atoms with van der Waals surface area (Å²) in [7, 11) is -1.41. The van der Waals surface area contributed by atoms with Gasteiger partial charge in [0.15, 0.2) is 0 Å². The number of pyridine rings is 1. The molecule has 0 spiro atoms. The summed E-state index contributed by atoms with van der Waals surface area (Å²) in [4.78, 5) is 4.95. The normalized spacial score (nSPS) is 15.3. The quantitative estimate of drug-likeness (QED) is 0.397. The van der Waals surface area contributed by atoms with Crippen molar-refractivity contribution in [2.24, 2.45) is 5.92 Å². The lowest BCUT2D eigenvalue weighted by Gasteiger charge is -2.26. The fourth-order valence-electron chi connectivity index (χ4n) is 4.97. The van der Waals surface area contributed by atoms with Gasteiger partial charge in [-0.3, -0.25) is 4.98 Å². The zero-order valence-electron chi connectivity index (χ0n) is 19.0. The van der Waals surface area contributed by atoms with Crippen molar-refractivity contribution in [2.75, 3.05) is 0 Å².